The van der Waals surface area contributed by atoms with Crippen LogP contribution in [0.15, 0.2) is 12.1 Å². The monoisotopic (exact) mass is 299 g/mol. The molecule has 1 aromatic heterocycles. The summed E-state index contributed by atoms with van der Waals surface area (Å²) in [4.78, 5) is 4.21. The van der Waals surface area contributed by atoms with Crippen LogP contribution in [0.5, 0.6) is 0 Å². The summed E-state index contributed by atoms with van der Waals surface area (Å²) in [5.74, 6) is 1.18. The van der Waals surface area contributed by atoms with Crippen molar-refractivity contribution in [2.75, 3.05) is 11.5 Å². The summed E-state index contributed by atoms with van der Waals surface area (Å²) in [7, 11) is 0. The second-order valence-electron chi connectivity index (χ2n) is 4.82. The van der Waals surface area contributed by atoms with Crippen molar-refractivity contribution in [1.29, 1.82) is 0 Å². The van der Waals surface area contributed by atoms with Gasteiger partial charge in [-0.05, 0) is 24.7 Å². The molecule has 1 fully saturated rings. The van der Waals surface area contributed by atoms with Crippen LogP contribution in [0.2, 0.25) is 5.02 Å². The first-order valence-electron chi connectivity index (χ1n) is 6.37. The van der Waals surface area contributed by atoms with Crippen molar-refractivity contribution >= 4 is 40.3 Å². The van der Waals surface area contributed by atoms with E-state index in [9.17, 15) is 4.39 Å². The molecular formula is C13H15ClFN3S. The van der Waals surface area contributed by atoms with Crippen molar-refractivity contribution in [1.82, 2.24) is 9.55 Å². The van der Waals surface area contributed by atoms with Gasteiger partial charge in [-0.2, -0.15) is 11.8 Å². The number of imidazole rings is 1. The SMILES string of the molecule is Nc1nc2cc(F)c(Cl)cc2n1CC1CCCCS1. The summed E-state index contributed by atoms with van der Waals surface area (Å²) >= 11 is 7.82. The van der Waals surface area contributed by atoms with Gasteiger partial charge < -0.3 is 10.3 Å². The second kappa shape index (κ2) is 5.21. The van der Waals surface area contributed by atoms with Crippen molar-refractivity contribution in [2.45, 2.75) is 31.1 Å². The Labute approximate surface area is 120 Å². The van der Waals surface area contributed by atoms with E-state index in [0.717, 1.165) is 12.1 Å². The van der Waals surface area contributed by atoms with Crippen LogP contribution in [0, 0.1) is 5.82 Å². The van der Waals surface area contributed by atoms with Gasteiger partial charge in [-0.3, -0.25) is 0 Å². The van der Waals surface area contributed by atoms with Crippen LogP contribution in [0.4, 0.5) is 10.3 Å². The number of nitrogens with zero attached hydrogens (tertiary/aromatic N) is 2. The molecule has 0 aliphatic carbocycles. The number of benzene rings is 1. The summed E-state index contributed by atoms with van der Waals surface area (Å²) < 4.78 is 15.4. The van der Waals surface area contributed by atoms with E-state index in [-0.39, 0.29) is 5.02 Å². The maximum absolute atomic E-state index is 13.4. The molecule has 1 aliphatic heterocycles. The molecule has 2 heterocycles. The highest BCUT2D eigenvalue weighted by Crippen LogP contribution is 2.30. The number of halogens is 2. The molecule has 19 heavy (non-hydrogen) atoms. The number of hydrogen-bond donors (Lipinski definition) is 1. The number of nitrogens with two attached hydrogens (primary N) is 1. The standard InChI is InChI=1S/C13H15ClFN3S/c14-9-5-12-11(6-10(9)15)17-13(16)18(12)7-8-3-1-2-4-19-8/h5-6,8H,1-4,7H2,(H2,16,17). The van der Waals surface area contributed by atoms with E-state index in [1.54, 1.807) is 6.07 Å². The molecule has 3 nitrogen and oxygen atoms in total. The molecule has 0 amide bonds. The zero-order chi connectivity index (χ0) is 13.4. The normalized spacial score (nSPS) is 20.0. The Morgan fingerprint density at radius 3 is 3.05 bits per heavy atom. The van der Waals surface area contributed by atoms with Gasteiger partial charge in [0.1, 0.15) is 5.82 Å². The van der Waals surface area contributed by atoms with Gasteiger partial charge in [-0.15, -0.1) is 0 Å². The van der Waals surface area contributed by atoms with Crippen LogP contribution in [-0.2, 0) is 6.54 Å². The summed E-state index contributed by atoms with van der Waals surface area (Å²) in [6.45, 7) is 0.814. The zero-order valence-electron chi connectivity index (χ0n) is 10.4. The molecule has 1 aliphatic rings. The Hall–Kier alpha value is -0.940. The third-order valence-electron chi connectivity index (χ3n) is 3.48. The Kier molecular flexibility index (Phi) is 3.58. The van der Waals surface area contributed by atoms with Crippen molar-refractivity contribution in [2.24, 2.45) is 0 Å². The Morgan fingerprint density at radius 1 is 1.47 bits per heavy atom. The van der Waals surface area contributed by atoms with Crippen LogP contribution >= 0.6 is 23.4 Å². The average molecular weight is 300 g/mol. The van der Waals surface area contributed by atoms with Crippen molar-refractivity contribution in [3.63, 3.8) is 0 Å². The molecule has 1 aromatic carbocycles. The molecule has 6 heteroatoms. The molecule has 1 saturated heterocycles. The second-order valence-corrected chi connectivity index (χ2v) is 6.64. The smallest absolute Gasteiger partial charge is 0.201 e. The van der Waals surface area contributed by atoms with E-state index in [4.69, 9.17) is 17.3 Å². The number of fused-ring (bicyclic) bond motifs is 1. The van der Waals surface area contributed by atoms with Crippen LogP contribution in [-0.4, -0.2) is 20.6 Å². The molecule has 0 radical (unpaired) electrons. The van der Waals surface area contributed by atoms with Gasteiger partial charge in [0.2, 0.25) is 5.95 Å². The molecule has 2 aromatic rings. The lowest BCUT2D eigenvalue weighted by atomic mass is 10.2. The molecule has 0 saturated carbocycles. The lowest BCUT2D eigenvalue weighted by Gasteiger charge is -2.22. The summed E-state index contributed by atoms with van der Waals surface area (Å²) in [6, 6.07) is 2.96. The van der Waals surface area contributed by atoms with Crippen LogP contribution < -0.4 is 5.73 Å². The van der Waals surface area contributed by atoms with Gasteiger partial charge in [-0.1, -0.05) is 18.0 Å². The minimum absolute atomic E-state index is 0.116. The maximum atomic E-state index is 13.4. The third-order valence-corrected chi connectivity index (χ3v) is 5.15. The van der Waals surface area contributed by atoms with E-state index in [1.807, 2.05) is 16.3 Å². The quantitative estimate of drug-likeness (QED) is 0.919. The van der Waals surface area contributed by atoms with Crippen molar-refractivity contribution in [3.8, 4) is 0 Å². The Morgan fingerprint density at radius 2 is 2.32 bits per heavy atom. The fourth-order valence-corrected chi connectivity index (χ4v) is 3.94. The minimum atomic E-state index is -0.453. The van der Waals surface area contributed by atoms with E-state index >= 15 is 0 Å². The van der Waals surface area contributed by atoms with E-state index in [2.05, 4.69) is 4.98 Å². The fraction of sp³-hybridized carbons (Fsp3) is 0.462. The van der Waals surface area contributed by atoms with Crippen LogP contribution in [0.25, 0.3) is 11.0 Å². The molecule has 1 unspecified atom stereocenters. The summed E-state index contributed by atoms with van der Waals surface area (Å²) in [6.07, 6.45) is 3.75. The molecule has 0 bridgehead atoms. The highest BCUT2D eigenvalue weighted by Gasteiger charge is 2.18. The first kappa shape index (κ1) is 13.1. The predicted molar refractivity (Wildman–Crippen MR) is 79.2 cm³/mol. The number of aromatic nitrogens is 2. The topological polar surface area (TPSA) is 43.8 Å². The van der Waals surface area contributed by atoms with Gasteiger partial charge >= 0.3 is 0 Å². The lowest BCUT2D eigenvalue weighted by Crippen LogP contribution is -2.18. The van der Waals surface area contributed by atoms with E-state index in [1.165, 1.54) is 31.1 Å². The zero-order valence-corrected chi connectivity index (χ0v) is 12.0. The highest BCUT2D eigenvalue weighted by molar-refractivity contribution is 7.99. The Bertz CT molecular complexity index is 607. The Balaban J connectivity index is 1.97. The number of nitrogen functional groups attached to an aromatic ring is 1. The highest BCUT2D eigenvalue weighted by atomic mass is 35.5. The van der Waals surface area contributed by atoms with E-state index < -0.39 is 5.82 Å². The summed E-state index contributed by atoms with van der Waals surface area (Å²) in [5.41, 5.74) is 7.33. The minimum Gasteiger partial charge on any atom is -0.369 e. The molecule has 3 rings (SSSR count). The molecule has 2 N–H and O–H groups in total. The molecule has 0 spiro atoms. The predicted octanol–water partition coefficient (Wildman–Crippen LogP) is 3.70. The van der Waals surface area contributed by atoms with Crippen molar-refractivity contribution < 1.29 is 4.39 Å². The van der Waals surface area contributed by atoms with Gasteiger partial charge in [0.15, 0.2) is 0 Å². The molecule has 102 valence electrons. The number of hydrogen-bond acceptors (Lipinski definition) is 3. The van der Waals surface area contributed by atoms with Crippen LogP contribution in [0.3, 0.4) is 0 Å². The van der Waals surface area contributed by atoms with Gasteiger partial charge in [-0.25, -0.2) is 9.37 Å². The maximum Gasteiger partial charge on any atom is 0.201 e. The van der Waals surface area contributed by atoms with Crippen molar-refractivity contribution in [3.05, 3.63) is 23.0 Å². The largest absolute Gasteiger partial charge is 0.369 e. The number of anilines is 1. The van der Waals surface area contributed by atoms with Gasteiger partial charge in [0.25, 0.3) is 0 Å². The molecule has 1 atom stereocenters. The average Bonchev–Trinajstić information content (AvgIpc) is 2.68. The third kappa shape index (κ3) is 2.54. The number of rotatable bonds is 2. The lowest BCUT2D eigenvalue weighted by molar-refractivity contribution is 0.595. The van der Waals surface area contributed by atoms with Crippen LogP contribution in [0.1, 0.15) is 19.3 Å². The first-order valence-corrected chi connectivity index (χ1v) is 7.80. The van der Waals surface area contributed by atoms with Gasteiger partial charge in [0, 0.05) is 17.9 Å². The van der Waals surface area contributed by atoms with Gasteiger partial charge in [0.05, 0.1) is 16.1 Å². The summed E-state index contributed by atoms with van der Waals surface area (Å²) in [5, 5.41) is 0.669. The molecular weight excluding hydrogens is 285 g/mol. The van der Waals surface area contributed by atoms with E-state index in [0.29, 0.717) is 16.7 Å². The fourth-order valence-electron chi connectivity index (χ4n) is 2.49. The first-order chi connectivity index (χ1) is 9.15. The number of thioether (sulfide) groups is 1.